The summed E-state index contributed by atoms with van der Waals surface area (Å²) in [4.78, 5) is 17.6. The fraction of sp³-hybridized carbons (Fsp3) is 0.250. The third kappa shape index (κ3) is 4.76. The molecule has 0 bridgehead atoms. The number of ether oxygens (including phenoxy) is 1. The molecule has 1 aromatic carbocycles. The lowest BCUT2D eigenvalue weighted by Crippen LogP contribution is -2.25. The lowest BCUT2D eigenvalue weighted by atomic mass is 10.1. The van der Waals surface area contributed by atoms with E-state index in [0.29, 0.717) is 17.3 Å². The summed E-state index contributed by atoms with van der Waals surface area (Å²) >= 11 is 3.35. The van der Waals surface area contributed by atoms with Crippen LogP contribution in [0.15, 0.2) is 47.1 Å². The lowest BCUT2D eigenvalue weighted by molar-refractivity contribution is -0.117. The number of carbonyl (C=O) groups excluding carboxylic acids is 1. The van der Waals surface area contributed by atoms with Gasteiger partial charge in [0.2, 0.25) is 11.8 Å². The molecule has 3 rings (SSSR count). The van der Waals surface area contributed by atoms with Crippen LogP contribution in [-0.4, -0.2) is 31.6 Å². The SMILES string of the molecule is O=C1CC(CS(=O)(=O)F)CN1c1ccc(Oc2cccc(Br)c2)nc1. The van der Waals surface area contributed by atoms with Crippen LogP contribution >= 0.6 is 15.9 Å². The minimum absolute atomic E-state index is 0.000552. The van der Waals surface area contributed by atoms with E-state index in [4.69, 9.17) is 4.74 Å². The van der Waals surface area contributed by atoms with E-state index in [0.717, 1.165) is 4.47 Å². The second-order valence-corrected chi connectivity index (χ2v) is 8.02. The van der Waals surface area contributed by atoms with E-state index in [-0.39, 0.29) is 18.9 Å². The van der Waals surface area contributed by atoms with Crippen LogP contribution in [0, 0.1) is 5.92 Å². The average molecular weight is 429 g/mol. The standard InChI is InChI=1S/C16H14BrFN2O4S/c17-12-2-1-3-14(7-12)24-15-5-4-13(8-19-15)20-9-11(6-16(20)21)10-25(18,22)23/h1-5,7-8,11H,6,9-10H2. The predicted molar refractivity (Wildman–Crippen MR) is 93.8 cm³/mol. The number of aromatic nitrogens is 1. The highest BCUT2D eigenvalue weighted by atomic mass is 79.9. The van der Waals surface area contributed by atoms with Gasteiger partial charge in [0, 0.05) is 29.4 Å². The maximum atomic E-state index is 12.8. The Kier molecular flexibility index (Phi) is 5.05. The van der Waals surface area contributed by atoms with Gasteiger partial charge in [-0.3, -0.25) is 4.79 Å². The van der Waals surface area contributed by atoms with Gasteiger partial charge in [-0.1, -0.05) is 22.0 Å². The van der Waals surface area contributed by atoms with Gasteiger partial charge in [0.05, 0.1) is 17.6 Å². The van der Waals surface area contributed by atoms with E-state index in [1.54, 1.807) is 24.3 Å². The van der Waals surface area contributed by atoms with Crippen LogP contribution in [0.4, 0.5) is 9.57 Å². The van der Waals surface area contributed by atoms with Gasteiger partial charge in [-0.2, -0.15) is 8.42 Å². The number of nitrogens with zero attached hydrogens (tertiary/aromatic N) is 2. The molecule has 1 aliphatic rings. The van der Waals surface area contributed by atoms with Gasteiger partial charge in [0.1, 0.15) is 5.75 Å². The highest BCUT2D eigenvalue weighted by Gasteiger charge is 2.33. The predicted octanol–water partition coefficient (Wildman–Crippen LogP) is 3.29. The van der Waals surface area contributed by atoms with Crippen LogP contribution in [-0.2, 0) is 15.0 Å². The first-order chi connectivity index (χ1) is 11.8. The fourth-order valence-corrected chi connectivity index (χ4v) is 3.83. The van der Waals surface area contributed by atoms with E-state index in [1.165, 1.54) is 11.1 Å². The molecule has 6 nitrogen and oxygen atoms in total. The van der Waals surface area contributed by atoms with Gasteiger partial charge in [-0.05, 0) is 24.3 Å². The molecular formula is C16H14BrFN2O4S. The minimum atomic E-state index is -4.60. The zero-order chi connectivity index (χ0) is 18.0. The van der Waals surface area contributed by atoms with Gasteiger partial charge in [-0.25, -0.2) is 4.98 Å². The summed E-state index contributed by atoms with van der Waals surface area (Å²) in [6, 6.07) is 10.5. The maximum absolute atomic E-state index is 12.8. The summed E-state index contributed by atoms with van der Waals surface area (Å²) in [7, 11) is -4.60. The van der Waals surface area contributed by atoms with Crippen molar-refractivity contribution in [1.29, 1.82) is 0 Å². The number of pyridine rings is 1. The highest BCUT2D eigenvalue weighted by molar-refractivity contribution is 9.10. The van der Waals surface area contributed by atoms with Crippen LogP contribution in [0.25, 0.3) is 0 Å². The third-order valence-corrected chi connectivity index (χ3v) is 5.05. The molecule has 1 atom stereocenters. The maximum Gasteiger partial charge on any atom is 0.302 e. The van der Waals surface area contributed by atoms with Crippen molar-refractivity contribution in [3.8, 4) is 11.6 Å². The van der Waals surface area contributed by atoms with Crippen LogP contribution in [0.5, 0.6) is 11.6 Å². The van der Waals surface area contributed by atoms with Crippen molar-refractivity contribution in [3.05, 3.63) is 47.1 Å². The summed E-state index contributed by atoms with van der Waals surface area (Å²) in [5.41, 5.74) is 0.519. The van der Waals surface area contributed by atoms with Crippen LogP contribution in [0.3, 0.4) is 0 Å². The molecule has 1 saturated heterocycles. The Hall–Kier alpha value is -2.00. The summed E-state index contributed by atoms with van der Waals surface area (Å²) < 4.78 is 40.8. The minimum Gasteiger partial charge on any atom is -0.439 e. The van der Waals surface area contributed by atoms with Crippen molar-refractivity contribution in [1.82, 2.24) is 4.98 Å². The molecule has 2 aromatic rings. The topological polar surface area (TPSA) is 76.6 Å². The van der Waals surface area contributed by atoms with Crippen molar-refractivity contribution in [2.45, 2.75) is 6.42 Å². The quantitative estimate of drug-likeness (QED) is 0.682. The molecule has 1 aromatic heterocycles. The molecule has 0 aliphatic carbocycles. The number of rotatable bonds is 5. The molecule has 1 unspecified atom stereocenters. The van der Waals surface area contributed by atoms with Gasteiger partial charge in [-0.15, -0.1) is 3.89 Å². The normalized spacial score (nSPS) is 17.8. The molecule has 0 radical (unpaired) electrons. The number of benzene rings is 1. The fourth-order valence-electron chi connectivity index (χ4n) is 2.67. The number of anilines is 1. The molecule has 1 aliphatic heterocycles. The zero-order valence-electron chi connectivity index (χ0n) is 12.9. The van der Waals surface area contributed by atoms with Gasteiger partial charge in [0.15, 0.2) is 0 Å². The van der Waals surface area contributed by atoms with Crippen molar-refractivity contribution in [2.24, 2.45) is 5.92 Å². The molecule has 9 heteroatoms. The van der Waals surface area contributed by atoms with Gasteiger partial charge < -0.3 is 9.64 Å². The molecule has 0 saturated carbocycles. The van der Waals surface area contributed by atoms with Crippen molar-refractivity contribution in [2.75, 3.05) is 17.2 Å². The van der Waals surface area contributed by atoms with E-state index in [2.05, 4.69) is 20.9 Å². The van der Waals surface area contributed by atoms with E-state index >= 15 is 0 Å². The summed E-state index contributed by atoms with van der Waals surface area (Å²) in [5, 5.41) is 0. The van der Waals surface area contributed by atoms with Gasteiger partial charge >= 0.3 is 10.2 Å². The van der Waals surface area contributed by atoms with E-state index in [9.17, 15) is 17.1 Å². The average Bonchev–Trinajstić information content (AvgIpc) is 2.86. The highest BCUT2D eigenvalue weighted by Crippen LogP contribution is 2.28. The Morgan fingerprint density at radius 2 is 2.12 bits per heavy atom. The molecule has 132 valence electrons. The smallest absolute Gasteiger partial charge is 0.302 e. The van der Waals surface area contributed by atoms with Crippen LogP contribution in [0.1, 0.15) is 6.42 Å². The Morgan fingerprint density at radius 1 is 1.32 bits per heavy atom. The summed E-state index contributed by atoms with van der Waals surface area (Å²) in [6.45, 7) is 0.148. The largest absolute Gasteiger partial charge is 0.439 e. The van der Waals surface area contributed by atoms with E-state index < -0.39 is 21.9 Å². The van der Waals surface area contributed by atoms with E-state index in [1.807, 2.05) is 12.1 Å². The molecule has 1 fully saturated rings. The number of hydrogen-bond acceptors (Lipinski definition) is 5. The molecule has 2 heterocycles. The Morgan fingerprint density at radius 3 is 2.76 bits per heavy atom. The number of halogens is 2. The summed E-state index contributed by atoms with van der Waals surface area (Å²) in [6.07, 6.45) is 1.47. The Labute approximate surface area is 153 Å². The Bertz CT molecular complexity index is 889. The monoisotopic (exact) mass is 428 g/mol. The number of carbonyl (C=O) groups is 1. The third-order valence-electron chi connectivity index (χ3n) is 3.69. The number of hydrogen-bond donors (Lipinski definition) is 0. The van der Waals surface area contributed by atoms with Gasteiger partial charge in [0.25, 0.3) is 0 Å². The second kappa shape index (κ2) is 7.09. The first kappa shape index (κ1) is 17.8. The lowest BCUT2D eigenvalue weighted by Gasteiger charge is -2.16. The van der Waals surface area contributed by atoms with Crippen molar-refractivity contribution >= 4 is 37.7 Å². The van der Waals surface area contributed by atoms with Crippen molar-refractivity contribution in [3.63, 3.8) is 0 Å². The number of amides is 1. The molecule has 25 heavy (non-hydrogen) atoms. The molecule has 1 amide bonds. The first-order valence-electron chi connectivity index (χ1n) is 7.42. The second-order valence-electron chi connectivity index (χ2n) is 5.69. The van der Waals surface area contributed by atoms with Crippen LogP contribution in [0.2, 0.25) is 0 Å². The van der Waals surface area contributed by atoms with Crippen molar-refractivity contribution < 1.29 is 21.8 Å². The Balaban J connectivity index is 1.69. The molecular weight excluding hydrogens is 415 g/mol. The molecule has 0 spiro atoms. The zero-order valence-corrected chi connectivity index (χ0v) is 15.3. The first-order valence-corrected chi connectivity index (χ1v) is 9.77. The molecule has 0 N–H and O–H groups in total. The van der Waals surface area contributed by atoms with Crippen LogP contribution < -0.4 is 9.64 Å². The summed E-state index contributed by atoms with van der Waals surface area (Å²) in [5.74, 6) is -0.486.